The first-order valence-corrected chi connectivity index (χ1v) is 14.3. The average Bonchev–Trinajstić information content (AvgIpc) is 3.39. The molecule has 0 atom stereocenters. The Bertz CT molecular complexity index is 2510. The molecule has 9 aromatic rings. The van der Waals surface area contributed by atoms with Gasteiger partial charge in [0.1, 0.15) is 16.7 Å². The van der Waals surface area contributed by atoms with Crippen LogP contribution in [0.4, 0.5) is 0 Å². The van der Waals surface area contributed by atoms with Gasteiger partial charge in [-0.2, -0.15) is 0 Å². The Balaban J connectivity index is 1.21. The molecule has 6 aromatic carbocycles. The van der Waals surface area contributed by atoms with Crippen LogP contribution in [0, 0.1) is 0 Å². The Kier molecular flexibility index (Phi) is 5.13. The number of aromatic nitrogens is 5. The van der Waals surface area contributed by atoms with Crippen LogP contribution in [0.3, 0.4) is 0 Å². The van der Waals surface area contributed by atoms with Crippen molar-refractivity contribution in [2.45, 2.75) is 0 Å². The van der Waals surface area contributed by atoms with E-state index in [1.54, 1.807) is 12.4 Å². The summed E-state index contributed by atoms with van der Waals surface area (Å²) in [5.41, 5.74) is 7.53. The van der Waals surface area contributed by atoms with Crippen LogP contribution in [0.25, 0.3) is 82.6 Å². The summed E-state index contributed by atoms with van der Waals surface area (Å²) in [4.78, 5) is 9.58. The summed E-state index contributed by atoms with van der Waals surface area (Å²) in [5.74, 6) is 0.668. The van der Waals surface area contributed by atoms with E-state index in [9.17, 15) is 0 Å². The molecular weight excluding hydrogens is 526 g/mol. The molecule has 0 saturated carbocycles. The van der Waals surface area contributed by atoms with Gasteiger partial charge in [0.15, 0.2) is 5.82 Å². The van der Waals surface area contributed by atoms with Crippen LogP contribution < -0.4 is 0 Å². The van der Waals surface area contributed by atoms with Gasteiger partial charge < -0.3 is 0 Å². The monoisotopic (exact) mass is 549 g/mol. The summed E-state index contributed by atoms with van der Waals surface area (Å²) in [5, 5.41) is 16.8. The molecule has 0 aliphatic carbocycles. The van der Waals surface area contributed by atoms with Gasteiger partial charge >= 0.3 is 0 Å². The molecule has 5 heteroatoms. The second-order valence-corrected chi connectivity index (χ2v) is 10.8. The van der Waals surface area contributed by atoms with Crippen molar-refractivity contribution >= 4 is 54.4 Å². The lowest BCUT2D eigenvalue weighted by atomic mass is 9.99. The van der Waals surface area contributed by atoms with E-state index in [2.05, 4.69) is 132 Å². The Hall–Kier alpha value is -5.94. The van der Waals surface area contributed by atoms with Crippen LogP contribution in [0.5, 0.6) is 0 Å². The molecule has 0 bridgehead atoms. The Labute approximate surface area is 246 Å². The fraction of sp³-hybridized carbons (Fsp3) is 0. The second kappa shape index (κ2) is 9.29. The lowest BCUT2D eigenvalue weighted by molar-refractivity contribution is 0.965. The lowest BCUT2D eigenvalue weighted by Gasteiger charge is -2.12. The predicted octanol–water partition coefficient (Wildman–Crippen LogP) is 9.16. The minimum Gasteiger partial charge on any atom is -0.290 e. The predicted molar refractivity (Wildman–Crippen MR) is 175 cm³/mol. The van der Waals surface area contributed by atoms with Gasteiger partial charge in [-0.1, -0.05) is 103 Å². The van der Waals surface area contributed by atoms with Crippen molar-refractivity contribution in [3.8, 4) is 28.2 Å². The van der Waals surface area contributed by atoms with Crippen LogP contribution in [-0.2, 0) is 0 Å². The maximum atomic E-state index is 4.83. The van der Waals surface area contributed by atoms with Gasteiger partial charge in [-0.15, -0.1) is 10.2 Å². The normalized spacial score (nSPS) is 11.7. The topological polar surface area (TPSA) is 56.5 Å². The van der Waals surface area contributed by atoms with E-state index in [0.717, 1.165) is 33.1 Å². The summed E-state index contributed by atoms with van der Waals surface area (Å²) in [6, 6.07) is 44.8. The van der Waals surface area contributed by atoms with E-state index in [4.69, 9.17) is 20.2 Å². The van der Waals surface area contributed by atoms with E-state index in [-0.39, 0.29) is 0 Å². The Morgan fingerprint density at radius 2 is 1.05 bits per heavy atom. The molecule has 0 unspecified atom stereocenters. The molecule has 0 spiro atoms. The average molecular weight is 550 g/mol. The van der Waals surface area contributed by atoms with Crippen molar-refractivity contribution in [2.24, 2.45) is 0 Å². The smallest absolute Gasteiger partial charge is 0.188 e. The van der Waals surface area contributed by atoms with E-state index in [0.29, 0.717) is 17.0 Å². The summed E-state index contributed by atoms with van der Waals surface area (Å²) in [6.45, 7) is 0. The number of hydrogen-bond acceptors (Lipinski definition) is 4. The molecule has 3 aromatic heterocycles. The number of nitrogens with zero attached hydrogens (tertiary/aromatic N) is 5. The summed E-state index contributed by atoms with van der Waals surface area (Å²) >= 11 is 0. The highest BCUT2D eigenvalue weighted by atomic mass is 15.2. The van der Waals surface area contributed by atoms with Crippen LogP contribution in [0.1, 0.15) is 0 Å². The van der Waals surface area contributed by atoms with Crippen molar-refractivity contribution in [1.82, 2.24) is 24.7 Å². The highest BCUT2D eigenvalue weighted by Gasteiger charge is 2.20. The van der Waals surface area contributed by atoms with Crippen molar-refractivity contribution in [3.05, 3.63) is 140 Å². The number of para-hydroxylation sites is 1. The number of benzene rings is 6. The van der Waals surface area contributed by atoms with Crippen LogP contribution in [-0.4, -0.2) is 24.7 Å². The molecule has 200 valence electrons. The van der Waals surface area contributed by atoms with E-state index >= 15 is 0 Å². The standard InChI is InChI=1S/C38H23N5/c1-2-8-27-21-30(18-15-24(27)7-1)25-13-16-26(17-14-25)35-36-37(40-20-19-39-36)38(42-41-35)43-33-12-6-5-11-31(33)32-22-28-9-3-4-10-29(28)23-34(32)43/h1-23H. The second-order valence-electron chi connectivity index (χ2n) is 10.8. The van der Waals surface area contributed by atoms with Crippen molar-refractivity contribution in [1.29, 1.82) is 0 Å². The number of fused-ring (bicyclic) bond motifs is 6. The highest BCUT2D eigenvalue weighted by Crippen LogP contribution is 2.37. The zero-order valence-electron chi connectivity index (χ0n) is 23.0. The third-order valence-corrected chi connectivity index (χ3v) is 8.37. The quantitative estimate of drug-likeness (QED) is 0.220. The third kappa shape index (κ3) is 3.72. The van der Waals surface area contributed by atoms with Gasteiger partial charge in [-0.25, -0.2) is 4.98 Å². The van der Waals surface area contributed by atoms with Crippen LogP contribution in [0.2, 0.25) is 0 Å². The Morgan fingerprint density at radius 1 is 0.419 bits per heavy atom. The van der Waals surface area contributed by atoms with Gasteiger partial charge in [-0.05, 0) is 56.9 Å². The number of rotatable bonds is 3. The third-order valence-electron chi connectivity index (χ3n) is 8.37. The zero-order valence-corrected chi connectivity index (χ0v) is 23.0. The molecule has 0 fully saturated rings. The van der Waals surface area contributed by atoms with Crippen molar-refractivity contribution < 1.29 is 0 Å². The van der Waals surface area contributed by atoms with Crippen LogP contribution >= 0.6 is 0 Å². The lowest BCUT2D eigenvalue weighted by Crippen LogP contribution is -2.04. The van der Waals surface area contributed by atoms with Gasteiger partial charge in [0.2, 0.25) is 0 Å². The van der Waals surface area contributed by atoms with E-state index in [1.165, 1.54) is 32.5 Å². The van der Waals surface area contributed by atoms with Gasteiger partial charge in [0.05, 0.1) is 11.0 Å². The van der Waals surface area contributed by atoms with Gasteiger partial charge in [0.25, 0.3) is 0 Å². The Morgan fingerprint density at radius 3 is 1.86 bits per heavy atom. The largest absolute Gasteiger partial charge is 0.290 e. The molecule has 5 nitrogen and oxygen atoms in total. The molecule has 43 heavy (non-hydrogen) atoms. The summed E-state index contributed by atoms with van der Waals surface area (Å²) < 4.78 is 2.17. The molecule has 0 aliphatic rings. The van der Waals surface area contributed by atoms with Gasteiger partial charge in [0, 0.05) is 28.7 Å². The van der Waals surface area contributed by atoms with Crippen molar-refractivity contribution in [2.75, 3.05) is 0 Å². The summed E-state index contributed by atoms with van der Waals surface area (Å²) in [6.07, 6.45) is 3.45. The molecule has 0 amide bonds. The number of hydrogen-bond donors (Lipinski definition) is 0. The highest BCUT2D eigenvalue weighted by molar-refractivity contribution is 6.14. The maximum Gasteiger partial charge on any atom is 0.188 e. The molecule has 0 saturated heterocycles. The van der Waals surface area contributed by atoms with Crippen LogP contribution in [0.15, 0.2) is 140 Å². The SMILES string of the molecule is c1ccc2cc(-c3ccc(-c4nnc(-n5c6ccccc6c6cc7ccccc7cc65)c5nccnc45)cc3)ccc2c1. The zero-order chi connectivity index (χ0) is 28.3. The first-order valence-electron chi connectivity index (χ1n) is 14.3. The first-order chi connectivity index (χ1) is 21.3. The maximum absolute atomic E-state index is 4.83. The summed E-state index contributed by atoms with van der Waals surface area (Å²) in [7, 11) is 0. The molecular formula is C38H23N5. The van der Waals surface area contributed by atoms with Crippen molar-refractivity contribution in [3.63, 3.8) is 0 Å². The fourth-order valence-corrected chi connectivity index (χ4v) is 6.28. The van der Waals surface area contributed by atoms with E-state index < -0.39 is 0 Å². The molecule has 9 rings (SSSR count). The van der Waals surface area contributed by atoms with E-state index in [1.807, 2.05) is 0 Å². The minimum absolute atomic E-state index is 0.668. The molecule has 0 N–H and O–H groups in total. The fourth-order valence-electron chi connectivity index (χ4n) is 6.28. The molecule has 3 heterocycles. The molecule has 0 aliphatic heterocycles. The molecule has 0 radical (unpaired) electrons. The minimum atomic E-state index is 0.668. The van der Waals surface area contributed by atoms with Gasteiger partial charge in [-0.3, -0.25) is 9.55 Å². The first kappa shape index (κ1) is 23.7.